The van der Waals surface area contributed by atoms with Crippen LogP contribution < -0.4 is 5.32 Å². The normalized spacial score (nSPS) is 22.8. The molecule has 3 rings (SSSR count). The van der Waals surface area contributed by atoms with Gasteiger partial charge in [0.25, 0.3) is 0 Å². The van der Waals surface area contributed by atoms with Crippen LogP contribution in [0.1, 0.15) is 42.4 Å². The fraction of sp³-hybridized carbons (Fsp3) is 0.562. The number of carbonyl (C=O) groups is 1. The maximum absolute atomic E-state index is 12.2. The van der Waals surface area contributed by atoms with E-state index < -0.39 is 0 Å². The highest BCUT2D eigenvalue weighted by molar-refractivity contribution is 5.86. The van der Waals surface area contributed by atoms with Gasteiger partial charge in [0.05, 0.1) is 6.04 Å². The Morgan fingerprint density at radius 2 is 2.06 bits per heavy atom. The fourth-order valence-corrected chi connectivity index (χ4v) is 3.19. The van der Waals surface area contributed by atoms with Crippen LogP contribution in [0.5, 0.6) is 0 Å². The van der Waals surface area contributed by atoms with Gasteiger partial charge < -0.3 is 5.32 Å². The van der Waals surface area contributed by atoms with Gasteiger partial charge in [-0.2, -0.15) is 0 Å². The molecular formula is C16H21NO. The largest absolute Gasteiger partial charge is 0.307 e. The van der Waals surface area contributed by atoms with Crippen molar-refractivity contribution in [1.82, 2.24) is 5.32 Å². The van der Waals surface area contributed by atoms with Crippen LogP contribution in [0.25, 0.3) is 0 Å². The lowest BCUT2D eigenvalue weighted by Crippen LogP contribution is -2.41. The topological polar surface area (TPSA) is 29.1 Å². The number of hydrogen-bond acceptors (Lipinski definition) is 2. The second kappa shape index (κ2) is 5.23. The van der Waals surface area contributed by atoms with Crippen LogP contribution in [0.4, 0.5) is 0 Å². The van der Waals surface area contributed by atoms with Gasteiger partial charge in [-0.15, -0.1) is 0 Å². The molecule has 1 unspecified atom stereocenters. The predicted molar refractivity (Wildman–Crippen MR) is 72.8 cm³/mol. The Labute approximate surface area is 109 Å². The maximum atomic E-state index is 12.2. The highest BCUT2D eigenvalue weighted by Crippen LogP contribution is 2.23. The molecule has 0 amide bonds. The van der Waals surface area contributed by atoms with Crippen molar-refractivity contribution < 1.29 is 4.79 Å². The Balaban J connectivity index is 1.66. The first-order valence-corrected chi connectivity index (χ1v) is 7.20. The van der Waals surface area contributed by atoms with E-state index in [0.717, 1.165) is 13.0 Å². The number of nitrogens with one attached hydrogen (secondary N) is 1. The van der Waals surface area contributed by atoms with Crippen LogP contribution in [0.15, 0.2) is 18.2 Å². The summed E-state index contributed by atoms with van der Waals surface area (Å²) in [6, 6.07) is 6.72. The van der Waals surface area contributed by atoms with E-state index in [1.807, 2.05) is 0 Å². The Hall–Kier alpha value is -1.15. The Morgan fingerprint density at radius 1 is 1.17 bits per heavy atom. The molecule has 18 heavy (non-hydrogen) atoms. The summed E-state index contributed by atoms with van der Waals surface area (Å²) in [7, 11) is 0. The van der Waals surface area contributed by atoms with Gasteiger partial charge in [0.2, 0.25) is 0 Å². The second-order valence-corrected chi connectivity index (χ2v) is 5.60. The molecule has 96 valence electrons. The van der Waals surface area contributed by atoms with E-state index in [4.69, 9.17) is 0 Å². The highest BCUT2D eigenvalue weighted by atomic mass is 16.1. The van der Waals surface area contributed by atoms with Crippen molar-refractivity contribution in [3.8, 4) is 0 Å². The molecule has 1 aliphatic heterocycles. The van der Waals surface area contributed by atoms with Crippen LogP contribution in [0.3, 0.4) is 0 Å². The number of hydrogen-bond donors (Lipinski definition) is 1. The van der Waals surface area contributed by atoms with Gasteiger partial charge in [-0.25, -0.2) is 0 Å². The van der Waals surface area contributed by atoms with Crippen molar-refractivity contribution >= 4 is 5.78 Å². The van der Waals surface area contributed by atoms with Crippen LogP contribution >= 0.6 is 0 Å². The van der Waals surface area contributed by atoms with E-state index in [0.29, 0.717) is 12.2 Å². The molecule has 1 aromatic rings. The Morgan fingerprint density at radius 3 is 2.89 bits per heavy atom. The lowest BCUT2D eigenvalue weighted by Gasteiger charge is -2.22. The third-order valence-corrected chi connectivity index (χ3v) is 4.24. The first-order valence-electron chi connectivity index (χ1n) is 7.20. The molecule has 0 radical (unpaired) electrons. The van der Waals surface area contributed by atoms with E-state index in [9.17, 15) is 4.79 Å². The maximum Gasteiger partial charge on any atom is 0.154 e. The Kier molecular flexibility index (Phi) is 3.46. The zero-order valence-corrected chi connectivity index (χ0v) is 10.9. The van der Waals surface area contributed by atoms with Gasteiger partial charge in [0, 0.05) is 6.42 Å². The number of benzene rings is 1. The lowest BCUT2D eigenvalue weighted by atomic mass is 9.95. The number of rotatable bonds is 3. The van der Waals surface area contributed by atoms with E-state index in [1.165, 1.54) is 48.8 Å². The molecule has 2 nitrogen and oxygen atoms in total. The summed E-state index contributed by atoms with van der Waals surface area (Å²) in [4.78, 5) is 12.2. The minimum atomic E-state index is 0.104. The number of ketones is 1. The number of fused-ring (bicyclic) bond motifs is 1. The SMILES string of the molecule is O=C(Cc1ccc2c(c1)CCC2)C1CCCCN1. The summed E-state index contributed by atoms with van der Waals surface area (Å²) in [5.74, 6) is 0.368. The second-order valence-electron chi connectivity index (χ2n) is 5.60. The molecule has 1 N–H and O–H groups in total. The van der Waals surface area contributed by atoms with Gasteiger partial charge in [-0.3, -0.25) is 4.79 Å². The molecule has 2 heteroatoms. The molecular weight excluding hydrogens is 222 g/mol. The fourth-order valence-electron chi connectivity index (χ4n) is 3.19. The van der Waals surface area contributed by atoms with Crippen molar-refractivity contribution in [2.24, 2.45) is 0 Å². The van der Waals surface area contributed by atoms with Gasteiger partial charge in [0.15, 0.2) is 5.78 Å². The Bertz CT molecular complexity index is 446. The van der Waals surface area contributed by atoms with Crippen molar-refractivity contribution in [1.29, 1.82) is 0 Å². The monoisotopic (exact) mass is 243 g/mol. The van der Waals surface area contributed by atoms with E-state index in [-0.39, 0.29) is 6.04 Å². The van der Waals surface area contributed by atoms with Crippen LogP contribution in [-0.2, 0) is 24.1 Å². The van der Waals surface area contributed by atoms with Gasteiger partial charge in [-0.1, -0.05) is 24.6 Å². The van der Waals surface area contributed by atoms with Crippen LogP contribution in [0.2, 0.25) is 0 Å². The lowest BCUT2D eigenvalue weighted by molar-refractivity contribution is -0.120. The molecule has 1 fully saturated rings. The minimum Gasteiger partial charge on any atom is -0.307 e. The van der Waals surface area contributed by atoms with E-state index in [2.05, 4.69) is 23.5 Å². The molecule has 0 saturated carbocycles. The first-order chi connectivity index (χ1) is 8.83. The third-order valence-electron chi connectivity index (χ3n) is 4.24. The molecule has 0 aromatic heterocycles. The van der Waals surface area contributed by atoms with Crippen molar-refractivity contribution in [2.45, 2.75) is 51.0 Å². The number of aryl methyl sites for hydroxylation is 2. The molecule has 1 atom stereocenters. The van der Waals surface area contributed by atoms with Crippen molar-refractivity contribution in [3.63, 3.8) is 0 Å². The third kappa shape index (κ3) is 2.49. The highest BCUT2D eigenvalue weighted by Gasteiger charge is 2.21. The molecule has 1 aliphatic carbocycles. The molecule has 1 aromatic carbocycles. The standard InChI is InChI=1S/C16H21NO/c18-16(15-6-1-2-9-17-15)11-12-7-8-13-4-3-5-14(13)10-12/h7-8,10,15,17H,1-6,9,11H2. The number of carbonyl (C=O) groups excluding carboxylic acids is 1. The average Bonchev–Trinajstić information content (AvgIpc) is 2.87. The van der Waals surface area contributed by atoms with Crippen molar-refractivity contribution in [2.75, 3.05) is 6.54 Å². The van der Waals surface area contributed by atoms with Gasteiger partial charge >= 0.3 is 0 Å². The van der Waals surface area contributed by atoms with E-state index in [1.54, 1.807) is 0 Å². The summed E-state index contributed by atoms with van der Waals surface area (Å²) in [6.07, 6.45) is 7.70. The van der Waals surface area contributed by atoms with E-state index >= 15 is 0 Å². The van der Waals surface area contributed by atoms with Crippen LogP contribution in [-0.4, -0.2) is 18.4 Å². The van der Waals surface area contributed by atoms with Crippen molar-refractivity contribution in [3.05, 3.63) is 34.9 Å². The van der Waals surface area contributed by atoms with Gasteiger partial charge in [-0.05, 0) is 55.3 Å². The molecule has 2 aliphatic rings. The minimum absolute atomic E-state index is 0.104. The quantitative estimate of drug-likeness (QED) is 0.883. The molecule has 0 spiro atoms. The molecule has 0 bridgehead atoms. The van der Waals surface area contributed by atoms with Crippen LogP contribution in [0, 0.1) is 0 Å². The summed E-state index contributed by atoms with van der Waals surface area (Å²) in [5, 5.41) is 3.34. The summed E-state index contributed by atoms with van der Waals surface area (Å²) in [5.41, 5.74) is 4.16. The molecule has 1 heterocycles. The van der Waals surface area contributed by atoms with Gasteiger partial charge in [0.1, 0.15) is 0 Å². The first kappa shape index (κ1) is 11.9. The summed E-state index contributed by atoms with van der Waals surface area (Å²) in [6.45, 7) is 1.00. The number of Topliss-reactive ketones (excluding diaryl/α,β-unsaturated/α-hetero) is 1. The summed E-state index contributed by atoms with van der Waals surface area (Å²) < 4.78 is 0. The number of piperidine rings is 1. The average molecular weight is 243 g/mol. The zero-order chi connectivity index (χ0) is 12.4. The summed E-state index contributed by atoms with van der Waals surface area (Å²) >= 11 is 0. The zero-order valence-electron chi connectivity index (χ0n) is 10.9. The predicted octanol–water partition coefficient (Wildman–Crippen LogP) is 2.43. The smallest absolute Gasteiger partial charge is 0.154 e. The molecule has 1 saturated heterocycles.